The first-order chi connectivity index (χ1) is 9.61. The van der Waals surface area contributed by atoms with Gasteiger partial charge in [-0.2, -0.15) is 0 Å². The van der Waals surface area contributed by atoms with Crippen LogP contribution >= 0.6 is 0 Å². The first kappa shape index (κ1) is 13.7. The van der Waals surface area contributed by atoms with Gasteiger partial charge in [0.1, 0.15) is 11.5 Å². The highest BCUT2D eigenvalue weighted by atomic mass is 16.5. The van der Waals surface area contributed by atoms with Gasteiger partial charge in [0.05, 0.1) is 7.11 Å². The predicted molar refractivity (Wildman–Crippen MR) is 73.8 cm³/mol. The lowest BCUT2D eigenvalue weighted by atomic mass is 10.1. The van der Waals surface area contributed by atoms with Crippen molar-refractivity contribution in [3.8, 4) is 11.5 Å². The fourth-order valence-electron chi connectivity index (χ4n) is 1.72. The molecule has 0 heterocycles. The molecule has 0 aliphatic heterocycles. The zero-order valence-corrected chi connectivity index (χ0v) is 10.9. The number of benzene rings is 2. The molecule has 0 unspecified atom stereocenters. The van der Waals surface area contributed by atoms with Crippen molar-refractivity contribution in [2.24, 2.45) is 0 Å². The lowest BCUT2D eigenvalue weighted by Crippen LogP contribution is -2.02. The van der Waals surface area contributed by atoms with Crippen molar-refractivity contribution in [3.05, 3.63) is 65.7 Å². The van der Waals surface area contributed by atoms with Crippen LogP contribution in [0.3, 0.4) is 0 Å². The molecule has 0 spiro atoms. The van der Waals surface area contributed by atoms with Crippen molar-refractivity contribution in [1.29, 1.82) is 0 Å². The van der Waals surface area contributed by atoms with Crippen LogP contribution in [0, 0.1) is 0 Å². The number of ketones is 1. The maximum Gasteiger partial charge on any atom is 0.188 e. The van der Waals surface area contributed by atoms with E-state index in [9.17, 15) is 15.0 Å². The molecule has 0 aliphatic carbocycles. The van der Waals surface area contributed by atoms with E-state index >= 15 is 0 Å². The Morgan fingerprint density at radius 1 is 1.15 bits per heavy atom. The van der Waals surface area contributed by atoms with Crippen LogP contribution in [0.25, 0.3) is 5.76 Å². The second-order valence-electron chi connectivity index (χ2n) is 4.12. The molecular formula is C16H13O4-. The summed E-state index contributed by atoms with van der Waals surface area (Å²) in [7, 11) is 1.54. The minimum absolute atomic E-state index is 0.0348. The van der Waals surface area contributed by atoms with Gasteiger partial charge in [-0.15, -0.1) is 0 Å². The van der Waals surface area contributed by atoms with Gasteiger partial charge in [-0.05, 0) is 24.3 Å². The Hall–Kier alpha value is -2.75. The monoisotopic (exact) mass is 269 g/mol. The summed E-state index contributed by atoms with van der Waals surface area (Å²) >= 11 is 0. The Balaban J connectivity index is 2.25. The Kier molecular flexibility index (Phi) is 4.05. The van der Waals surface area contributed by atoms with Crippen molar-refractivity contribution in [2.75, 3.05) is 7.11 Å². The van der Waals surface area contributed by atoms with Gasteiger partial charge in [-0.1, -0.05) is 30.0 Å². The number of allylic oxidation sites excluding steroid dienone is 1. The van der Waals surface area contributed by atoms with Crippen LogP contribution in [0.1, 0.15) is 15.9 Å². The molecule has 1 N–H and O–H groups in total. The van der Waals surface area contributed by atoms with Crippen molar-refractivity contribution >= 4 is 11.5 Å². The zero-order chi connectivity index (χ0) is 14.5. The van der Waals surface area contributed by atoms with Gasteiger partial charge in [0, 0.05) is 17.2 Å². The van der Waals surface area contributed by atoms with Crippen LogP contribution in [-0.4, -0.2) is 18.0 Å². The van der Waals surface area contributed by atoms with E-state index < -0.39 is 5.78 Å². The van der Waals surface area contributed by atoms with Gasteiger partial charge in [-0.25, -0.2) is 0 Å². The highest BCUT2D eigenvalue weighted by Gasteiger charge is 2.06. The van der Waals surface area contributed by atoms with Gasteiger partial charge in [0.2, 0.25) is 0 Å². The Morgan fingerprint density at radius 2 is 1.80 bits per heavy atom. The molecule has 0 radical (unpaired) electrons. The number of aliphatic hydroxyl groups excluding tert-OH is 1. The summed E-state index contributed by atoms with van der Waals surface area (Å²) in [5, 5.41) is 21.4. The van der Waals surface area contributed by atoms with E-state index in [2.05, 4.69) is 0 Å². The summed E-state index contributed by atoms with van der Waals surface area (Å²) in [6, 6.07) is 12.5. The molecule has 0 atom stereocenters. The molecule has 0 aromatic heterocycles. The van der Waals surface area contributed by atoms with Crippen LogP contribution in [0.15, 0.2) is 54.6 Å². The SMILES string of the molecule is COc1ccc(/C(O)=C/C(=O)c2ccccc2[O-])cc1. The first-order valence-electron chi connectivity index (χ1n) is 5.97. The van der Waals surface area contributed by atoms with Gasteiger partial charge in [-0.3, -0.25) is 4.79 Å². The van der Waals surface area contributed by atoms with E-state index in [4.69, 9.17) is 4.74 Å². The number of ether oxygens (including phenoxy) is 1. The van der Waals surface area contributed by atoms with Gasteiger partial charge < -0.3 is 14.9 Å². The van der Waals surface area contributed by atoms with Crippen molar-refractivity contribution in [2.45, 2.75) is 0 Å². The normalized spacial score (nSPS) is 11.2. The standard InChI is InChI=1S/C16H14O4/c1-20-12-8-6-11(7-9-12)15(18)10-16(19)13-4-2-3-5-14(13)17/h2-10,17-18H,1H3/p-1/b15-10-. The number of carbonyl (C=O) groups is 1. The molecule has 2 aromatic carbocycles. The number of rotatable bonds is 4. The Bertz CT molecular complexity index is 642. The molecule has 0 saturated carbocycles. The van der Waals surface area contributed by atoms with E-state index in [1.807, 2.05) is 0 Å². The summed E-state index contributed by atoms with van der Waals surface area (Å²) in [6.07, 6.45) is 1.04. The highest BCUT2D eigenvalue weighted by Crippen LogP contribution is 2.19. The number of methoxy groups -OCH3 is 1. The Labute approximate surface area is 116 Å². The van der Waals surface area contributed by atoms with E-state index in [1.165, 1.54) is 12.1 Å². The maximum absolute atomic E-state index is 11.9. The predicted octanol–water partition coefficient (Wildman–Crippen LogP) is 2.55. The summed E-state index contributed by atoms with van der Waals surface area (Å²) < 4.78 is 5.01. The van der Waals surface area contributed by atoms with Gasteiger partial charge >= 0.3 is 0 Å². The summed E-state index contributed by atoms with van der Waals surface area (Å²) in [5.74, 6) is -0.432. The number of carbonyl (C=O) groups excluding carboxylic acids is 1. The van der Waals surface area contributed by atoms with E-state index in [0.717, 1.165) is 6.08 Å². The molecule has 20 heavy (non-hydrogen) atoms. The second kappa shape index (κ2) is 5.93. The topological polar surface area (TPSA) is 69.6 Å². The molecule has 102 valence electrons. The van der Waals surface area contributed by atoms with Crippen LogP contribution in [0.4, 0.5) is 0 Å². The number of para-hydroxylation sites is 1. The summed E-state index contributed by atoms with van der Waals surface area (Å²) in [4.78, 5) is 11.9. The second-order valence-corrected chi connectivity index (χ2v) is 4.12. The minimum Gasteiger partial charge on any atom is -0.872 e. The van der Waals surface area contributed by atoms with Crippen LogP contribution in [-0.2, 0) is 0 Å². The van der Waals surface area contributed by atoms with E-state index in [0.29, 0.717) is 11.3 Å². The summed E-state index contributed by atoms with van der Waals surface area (Å²) in [5.41, 5.74) is 0.509. The lowest BCUT2D eigenvalue weighted by Gasteiger charge is -2.10. The van der Waals surface area contributed by atoms with Crippen LogP contribution in [0.5, 0.6) is 11.5 Å². The van der Waals surface area contributed by atoms with Gasteiger partial charge in [0.15, 0.2) is 5.78 Å². The molecule has 0 bridgehead atoms. The molecule has 0 amide bonds. The molecule has 0 aliphatic rings. The average Bonchev–Trinajstić information content (AvgIpc) is 2.47. The van der Waals surface area contributed by atoms with Crippen molar-refractivity contribution in [1.82, 2.24) is 0 Å². The minimum atomic E-state index is -0.524. The largest absolute Gasteiger partial charge is 0.872 e. The highest BCUT2D eigenvalue weighted by molar-refractivity contribution is 6.09. The zero-order valence-electron chi connectivity index (χ0n) is 10.9. The average molecular weight is 269 g/mol. The number of aliphatic hydroxyl groups is 1. The van der Waals surface area contributed by atoms with E-state index in [1.54, 1.807) is 43.5 Å². The number of hydrogen-bond donors (Lipinski definition) is 1. The Morgan fingerprint density at radius 3 is 2.40 bits per heavy atom. The van der Waals surface area contributed by atoms with Crippen LogP contribution in [0.2, 0.25) is 0 Å². The third-order valence-electron chi connectivity index (χ3n) is 2.81. The van der Waals surface area contributed by atoms with Crippen molar-refractivity contribution < 1.29 is 19.7 Å². The summed E-state index contributed by atoms with van der Waals surface area (Å²) in [6.45, 7) is 0. The first-order valence-corrected chi connectivity index (χ1v) is 5.97. The van der Waals surface area contributed by atoms with Crippen LogP contribution < -0.4 is 9.84 Å². The molecular weight excluding hydrogens is 256 g/mol. The lowest BCUT2D eigenvalue weighted by molar-refractivity contribution is -0.268. The van der Waals surface area contributed by atoms with Gasteiger partial charge in [0.25, 0.3) is 0 Å². The molecule has 4 nitrogen and oxygen atoms in total. The molecule has 4 heteroatoms. The molecule has 0 saturated heterocycles. The maximum atomic E-state index is 11.9. The fraction of sp³-hybridized carbons (Fsp3) is 0.0625. The van der Waals surface area contributed by atoms with E-state index in [-0.39, 0.29) is 17.1 Å². The fourth-order valence-corrected chi connectivity index (χ4v) is 1.72. The van der Waals surface area contributed by atoms with Crippen molar-refractivity contribution in [3.63, 3.8) is 0 Å². The third kappa shape index (κ3) is 2.98. The number of hydrogen-bond acceptors (Lipinski definition) is 4. The molecule has 2 aromatic rings. The third-order valence-corrected chi connectivity index (χ3v) is 2.81. The quantitative estimate of drug-likeness (QED) is 0.526. The smallest absolute Gasteiger partial charge is 0.188 e. The molecule has 0 fully saturated rings. The molecule has 2 rings (SSSR count).